The summed E-state index contributed by atoms with van der Waals surface area (Å²) < 4.78 is 27.1. The first-order valence-electron chi connectivity index (χ1n) is 6.97. The maximum absolute atomic E-state index is 14.1. The molecule has 2 unspecified atom stereocenters. The first-order valence-corrected chi connectivity index (χ1v) is 6.97. The van der Waals surface area contributed by atoms with E-state index in [1.165, 1.54) is 12.1 Å². The van der Waals surface area contributed by atoms with Crippen molar-refractivity contribution in [2.45, 2.75) is 51.2 Å². The van der Waals surface area contributed by atoms with Gasteiger partial charge in [0.15, 0.2) is 0 Å². The van der Waals surface area contributed by atoms with Gasteiger partial charge in [-0.3, -0.25) is 4.90 Å². The van der Waals surface area contributed by atoms with Crippen molar-refractivity contribution in [3.63, 3.8) is 0 Å². The largest absolute Gasteiger partial charge is 0.326 e. The molecule has 2 N–H and O–H groups in total. The van der Waals surface area contributed by atoms with Crippen LogP contribution in [0.3, 0.4) is 0 Å². The number of hydrogen-bond donors (Lipinski definition) is 1. The van der Waals surface area contributed by atoms with Gasteiger partial charge < -0.3 is 5.73 Å². The fraction of sp³-hybridized carbons (Fsp3) is 0.600. The molecule has 1 saturated heterocycles. The third-order valence-electron chi connectivity index (χ3n) is 3.91. The molecule has 1 heterocycles. The average Bonchev–Trinajstić information content (AvgIpc) is 2.52. The Kier molecular flexibility index (Phi) is 4.53. The summed E-state index contributed by atoms with van der Waals surface area (Å²) >= 11 is 0. The van der Waals surface area contributed by atoms with Crippen molar-refractivity contribution < 1.29 is 8.78 Å². The molecular formula is C15H22F2N2. The minimum atomic E-state index is -0.542. The summed E-state index contributed by atoms with van der Waals surface area (Å²) in [6.07, 6.45) is 3.01. The van der Waals surface area contributed by atoms with Crippen LogP contribution in [0, 0.1) is 11.6 Å². The van der Waals surface area contributed by atoms with Gasteiger partial charge in [0.2, 0.25) is 0 Å². The van der Waals surface area contributed by atoms with E-state index >= 15 is 0 Å². The van der Waals surface area contributed by atoms with Crippen molar-refractivity contribution in [2.75, 3.05) is 6.54 Å². The van der Waals surface area contributed by atoms with Crippen LogP contribution in [0.4, 0.5) is 8.78 Å². The summed E-state index contributed by atoms with van der Waals surface area (Å²) in [7, 11) is 0. The molecule has 1 fully saturated rings. The minimum absolute atomic E-state index is 0.107. The lowest BCUT2D eigenvalue weighted by atomic mass is 9.95. The maximum Gasteiger partial charge on any atom is 0.130 e. The molecule has 106 valence electrons. The molecule has 0 bridgehead atoms. The summed E-state index contributed by atoms with van der Waals surface area (Å²) in [5, 5.41) is 0. The van der Waals surface area contributed by atoms with Gasteiger partial charge in [-0.2, -0.15) is 0 Å². The topological polar surface area (TPSA) is 29.3 Å². The number of likely N-dealkylation sites (tertiary alicyclic amines) is 1. The fourth-order valence-corrected chi connectivity index (χ4v) is 2.95. The molecule has 1 aromatic carbocycles. The number of rotatable bonds is 2. The van der Waals surface area contributed by atoms with E-state index in [0.717, 1.165) is 31.9 Å². The van der Waals surface area contributed by atoms with E-state index in [1.54, 1.807) is 0 Å². The second-order valence-corrected chi connectivity index (χ2v) is 5.60. The second kappa shape index (κ2) is 5.97. The lowest BCUT2D eigenvalue weighted by Crippen LogP contribution is -2.43. The summed E-state index contributed by atoms with van der Waals surface area (Å²) in [4.78, 5) is 2.23. The van der Waals surface area contributed by atoms with Crippen molar-refractivity contribution in [3.8, 4) is 0 Å². The van der Waals surface area contributed by atoms with E-state index in [-0.39, 0.29) is 12.1 Å². The van der Waals surface area contributed by atoms with E-state index in [4.69, 9.17) is 5.73 Å². The Bertz CT molecular complexity index is 434. The van der Waals surface area contributed by atoms with Crippen molar-refractivity contribution in [2.24, 2.45) is 5.73 Å². The molecule has 0 spiro atoms. The van der Waals surface area contributed by atoms with Gasteiger partial charge in [0.05, 0.1) is 6.04 Å². The first kappa shape index (κ1) is 14.4. The first-order chi connectivity index (χ1) is 9.00. The Morgan fingerprint density at radius 1 is 1.26 bits per heavy atom. The monoisotopic (exact) mass is 268 g/mol. The van der Waals surface area contributed by atoms with Gasteiger partial charge in [-0.1, -0.05) is 12.5 Å². The zero-order valence-corrected chi connectivity index (χ0v) is 11.6. The van der Waals surface area contributed by atoms with E-state index in [1.807, 2.05) is 0 Å². The van der Waals surface area contributed by atoms with E-state index in [0.29, 0.717) is 11.6 Å². The van der Waals surface area contributed by atoms with E-state index in [2.05, 4.69) is 18.7 Å². The Labute approximate surface area is 113 Å². The van der Waals surface area contributed by atoms with Gasteiger partial charge in [0.1, 0.15) is 11.6 Å². The Morgan fingerprint density at radius 3 is 2.63 bits per heavy atom. The van der Waals surface area contributed by atoms with Crippen LogP contribution in [0.25, 0.3) is 0 Å². The van der Waals surface area contributed by atoms with E-state index in [9.17, 15) is 8.78 Å². The van der Waals surface area contributed by atoms with Crippen LogP contribution in [0.1, 0.15) is 44.7 Å². The molecule has 4 heteroatoms. The lowest BCUT2D eigenvalue weighted by molar-refractivity contribution is 0.141. The molecule has 2 rings (SSSR count). The molecule has 1 aliphatic rings. The van der Waals surface area contributed by atoms with Crippen LogP contribution in [0.2, 0.25) is 0 Å². The Balaban J connectivity index is 2.40. The SMILES string of the molecule is CC(C)N1CCCCC(N)C1c1ccc(F)cc1F. The predicted molar refractivity (Wildman–Crippen MR) is 72.8 cm³/mol. The number of nitrogens with zero attached hydrogens (tertiary/aromatic N) is 1. The third-order valence-corrected chi connectivity index (χ3v) is 3.91. The Morgan fingerprint density at radius 2 is 2.00 bits per heavy atom. The van der Waals surface area contributed by atoms with Gasteiger partial charge >= 0.3 is 0 Å². The van der Waals surface area contributed by atoms with Crippen LogP contribution in [0.5, 0.6) is 0 Å². The molecule has 0 aromatic heterocycles. The minimum Gasteiger partial charge on any atom is -0.326 e. The van der Waals surface area contributed by atoms with E-state index < -0.39 is 11.6 Å². The average molecular weight is 268 g/mol. The highest BCUT2D eigenvalue weighted by Gasteiger charge is 2.32. The highest BCUT2D eigenvalue weighted by Crippen LogP contribution is 2.32. The number of halogens is 2. The molecule has 2 atom stereocenters. The van der Waals surface area contributed by atoms with Gasteiger partial charge in [0.25, 0.3) is 0 Å². The van der Waals surface area contributed by atoms with Crippen molar-refractivity contribution >= 4 is 0 Å². The van der Waals surface area contributed by atoms with Crippen LogP contribution >= 0.6 is 0 Å². The molecule has 2 nitrogen and oxygen atoms in total. The smallest absolute Gasteiger partial charge is 0.130 e. The molecule has 19 heavy (non-hydrogen) atoms. The zero-order chi connectivity index (χ0) is 14.0. The maximum atomic E-state index is 14.1. The van der Waals surface area contributed by atoms with Crippen molar-refractivity contribution in [1.82, 2.24) is 4.90 Å². The zero-order valence-electron chi connectivity index (χ0n) is 11.6. The van der Waals surface area contributed by atoms with Crippen LogP contribution in [-0.4, -0.2) is 23.5 Å². The summed E-state index contributed by atoms with van der Waals surface area (Å²) in [6, 6.07) is 3.82. The van der Waals surface area contributed by atoms with Gasteiger partial charge in [0, 0.05) is 23.7 Å². The van der Waals surface area contributed by atoms with Crippen LogP contribution in [-0.2, 0) is 0 Å². The van der Waals surface area contributed by atoms with Crippen molar-refractivity contribution in [1.29, 1.82) is 0 Å². The predicted octanol–water partition coefficient (Wildman–Crippen LogP) is 3.23. The number of hydrogen-bond acceptors (Lipinski definition) is 2. The quantitative estimate of drug-likeness (QED) is 0.892. The highest BCUT2D eigenvalue weighted by molar-refractivity contribution is 5.24. The van der Waals surface area contributed by atoms with Gasteiger partial charge in [-0.15, -0.1) is 0 Å². The summed E-state index contributed by atoms with van der Waals surface area (Å²) in [6.45, 7) is 5.09. The molecule has 0 aliphatic carbocycles. The number of nitrogens with two attached hydrogens (primary N) is 1. The van der Waals surface area contributed by atoms with Crippen LogP contribution < -0.4 is 5.73 Å². The molecular weight excluding hydrogens is 246 g/mol. The van der Waals surface area contributed by atoms with Crippen molar-refractivity contribution in [3.05, 3.63) is 35.4 Å². The van der Waals surface area contributed by atoms with Gasteiger partial charge in [-0.05, 0) is 39.3 Å². The highest BCUT2D eigenvalue weighted by atomic mass is 19.1. The Hall–Kier alpha value is -1.00. The normalized spacial score (nSPS) is 25.6. The van der Waals surface area contributed by atoms with Crippen LogP contribution in [0.15, 0.2) is 18.2 Å². The summed E-state index contributed by atoms with van der Waals surface area (Å²) in [5.41, 5.74) is 6.76. The lowest BCUT2D eigenvalue weighted by Gasteiger charge is -2.36. The second-order valence-electron chi connectivity index (χ2n) is 5.60. The molecule has 1 aromatic rings. The summed E-state index contributed by atoms with van der Waals surface area (Å²) in [5.74, 6) is -1.03. The standard InChI is InChI=1S/C15H22F2N2/c1-10(2)19-8-4-3-5-14(18)15(19)12-7-6-11(16)9-13(12)17/h6-7,9-10,14-15H,3-5,8,18H2,1-2H3. The third kappa shape index (κ3) is 3.12. The van der Waals surface area contributed by atoms with Gasteiger partial charge in [-0.25, -0.2) is 8.78 Å². The molecule has 0 saturated carbocycles. The molecule has 0 radical (unpaired) electrons. The molecule has 0 amide bonds. The molecule has 1 aliphatic heterocycles. The number of benzene rings is 1. The fourth-order valence-electron chi connectivity index (χ4n) is 2.95.